The van der Waals surface area contributed by atoms with E-state index in [1.807, 2.05) is 13.8 Å². The van der Waals surface area contributed by atoms with Crippen LogP contribution in [0.15, 0.2) is 12.2 Å². The highest BCUT2D eigenvalue weighted by Gasteiger charge is 2.25. The number of methoxy groups -OCH3 is 1. The lowest BCUT2D eigenvalue weighted by Crippen LogP contribution is -2.31. The first-order chi connectivity index (χ1) is 9.17. The van der Waals surface area contributed by atoms with Gasteiger partial charge >= 0.3 is 5.97 Å². The second-order valence-electron chi connectivity index (χ2n) is 6.51. The average molecular weight is 302 g/mol. The summed E-state index contributed by atoms with van der Waals surface area (Å²) in [4.78, 5) is 11.6. The van der Waals surface area contributed by atoms with E-state index in [0.29, 0.717) is 13.0 Å². The van der Waals surface area contributed by atoms with Gasteiger partial charge in [0.15, 0.2) is 0 Å². The van der Waals surface area contributed by atoms with Crippen molar-refractivity contribution in [3.63, 3.8) is 0 Å². The largest absolute Gasteiger partial charge is 0.469 e. The number of ether oxygens (including phenoxy) is 3. The zero-order valence-corrected chi connectivity index (χ0v) is 14.8. The first-order valence-electron chi connectivity index (χ1n) is 7.09. The van der Waals surface area contributed by atoms with E-state index in [1.54, 1.807) is 0 Å². The highest BCUT2D eigenvalue weighted by Crippen LogP contribution is 2.17. The SMILES string of the molecule is C=C(C)C[C@@H](OCOCC[Si](C)(C)C)[C@H](C)C(=O)OC. The molecule has 0 aliphatic heterocycles. The maximum atomic E-state index is 11.6. The predicted octanol–water partition coefficient (Wildman–Crippen LogP) is 3.46. The van der Waals surface area contributed by atoms with Crippen molar-refractivity contribution in [3.05, 3.63) is 12.2 Å². The van der Waals surface area contributed by atoms with Crippen molar-refractivity contribution in [2.45, 2.75) is 52.1 Å². The minimum absolute atomic E-state index is 0.212. The zero-order valence-electron chi connectivity index (χ0n) is 13.8. The van der Waals surface area contributed by atoms with Crippen LogP contribution in [-0.4, -0.2) is 40.7 Å². The van der Waals surface area contributed by atoms with Gasteiger partial charge in [0.2, 0.25) is 0 Å². The molecule has 0 saturated heterocycles. The molecule has 0 N–H and O–H groups in total. The summed E-state index contributed by atoms with van der Waals surface area (Å²) >= 11 is 0. The molecule has 20 heavy (non-hydrogen) atoms. The van der Waals surface area contributed by atoms with Gasteiger partial charge in [0, 0.05) is 14.7 Å². The molecule has 0 aliphatic carbocycles. The maximum Gasteiger partial charge on any atom is 0.311 e. The molecule has 118 valence electrons. The number of carbonyl (C=O) groups is 1. The summed E-state index contributed by atoms with van der Waals surface area (Å²) < 4.78 is 16.0. The van der Waals surface area contributed by atoms with E-state index in [9.17, 15) is 4.79 Å². The van der Waals surface area contributed by atoms with Crippen LogP contribution >= 0.6 is 0 Å². The van der Waals surface area contributed by atoms with Gasteiger partial charge in [0.05, 0.1) is 19.1 Å². The van der Waals surface area contributed by atoms with Gasteiger partial charge in [-0.3, -0.25) is 4.79 Å². The summed E-state index contributed by atoms with van der Waals surface area (Å²) in [6.07, 6.45) is 0.389. The van der Waals surface area contributed by atoms with Crippen molar-refractivity contribution in [1.82, 2.24) is 0 Å². The van der Waals surface area contributed by atoms with Crippen LogP contribution in [0.1, 0.15) is 20.3 Å². The van der Waals surface area contributed by atoms with E-state index in [0.717, 1.165) is 11.6 Å². The second kappa shape index (κ2) is 9.31. The third-order valence-corrected chi connectivity index (χ3v) is 4.75. The number of esters is 1. The molecule has 4 nitrogen and oxygen atoms in total. The number of carbonyl (C=O) groups excluding carboxylic acids is 1. The molecule has 0 aromatic carbocycles. The number of hydrogen-bond acceptors (Lipinski definition) is 4. The van der Waals surface area contributed by atoms with Crippen molar-refractivity contribution in [2.24, 2.45) is 5.92 Å². The van der Waals surface area contributed by atoms with E-state index in [-0.39, 0.29) is 24.8 Å². The Balaban J connectivity index is 4.17. The van der Waals surface area contributed by atoms with Crippen LogP contribution in [-0.2, 0) is 19.0 Å². The Hall–Kier alpha value is -0.653. The maximum absolute atomic E-state index is 11.6. The third kappa shape index (κ3) is 9.28. The van der Waals surface area contributed by atoms with Gasteiger partial charge in [0.25, 0.3) is 0 Å². The van der Waals surface area contributed by atoms with Gasteiger partial charge in [-0.2, -0.15) is 0 Å². The Morgan fingerprint density at radius 1 is 1.30 bits per heavy atom. The lowest BCUT2D eigenvalue weighted by Gasteiger charge is -2.23. The van der Waals surface area contributed by atoms with Crippen molar-refractivity contribution in [3.8, 4) is 0 Å². The first kappa shape index (κ1) is 19.3. The summed E-state index contributed by atoms with van der Waals surface area (Å²) in [5.74, 6) is -0.587. The van der Waals surface area contributed by atoms with Crippen molar-refractivity contribution >= 4 is 14.0 Å². The van der Waals surface area contributed by atoms with Crippen LogP contribution in [0.2, 0.25) is 25.7 Å². The summed E-state index contributed by atoms with van der Waals surface area (Å²) in [5.41, 5.74) is 0.979. The van der Waals surface area contributed by atoms with Crippen LogP contribution in [0.3, 0.4) is 0 Å². The topological polar surface area (TPSA) is 44.8 Å². The monoisotopic (exact) mass is 302 g/mol. The summed E-state index contributed by atoms with van der Waals surface area (Å²) in [7, 11) is 0.315. The average Bonchev–Trinajstić information content (AvgIpc) is 2.33. The fraction of sp³-hybridized carbons (Fsp3) is 0.800. The van der Waals surface area contributed by atoms with Crippen LogP contribution in [0.5, 0.6) is 0 Å². The standard InChI is InChI=1S/C15H30O4Si/c1-12(2)10-14(13(3)15(16)17-4)19-11-18-8-9-20(5,6)7/h13-14H,1,8-11H2,2-7H3/t13-,14+/m0/s1. The molecule has 0 unspecified atom stereocenters. The van der Waals surface area contributed by atoms with Gasteiger partial charge in [0.1, 0.15) is 6.79 Å². The molecule has 0 amide bonds. The van der Waals surface area contributed by atoms with E-state index in [2.05, 4.69) is 26.2 Å². The Bertz CT molecular complexity index is 309. The zero-order chi connectivity index (χ0) is 15.8. The van der Waals surface area contributed by atoms with Crippen LogP contribution in [0.25, 0.3) is 0 Å². The van der Waals surface area contributed by atoms with Crippen molar-refractivity contribution < 1.29 is 19.0 Å². The van der Waals surface area contributed by atoms with Gasteiger partial charge in [-0.25, -0.2) is 0 Å². The molecule has 2 atom stereocenters. The van der Waals surface area contributed by atoms with Crippen LogP contribution in [0.4, 0.5) is 0 Å². The van der Waals surface area contributed by atoms with Crippen LogP contribution in [0, 0.1) is 5.92 Å². The molecule has 0 rings (SSSR count). The molecule has 0 aromatic heterocycles. The highest BCUT2D eigenvalue weighted by atomic mass is 28.3. The normalized spacial score (nSPS) is 14.7. The van der Waals surface area contributed by atoms with Crippen LogP contribution < -0.4 is 0 Å². The van der Waals surface area contributed by atoms with Gasteiger partial charge in [-0.1, -0.05) is 25.2 Å². The second-order valence-corrected chi connectivity index (χ2v) is 12.1. The fourth-order valence-corrected chi connectivity index (χ4v) is 2.39. The molecule has 0 heterocycles. The first-order valence-corrected chi connectivity index (χ1v) is 10.8. The van der Waals surface area contributed by atoms with E-state index in [1.165, 1.54) is 7.11 Å². The molecular weight excluding hydrogens is 272 g/mol. The molecule has 5 heteroatoms. The summed E-state index contributed by atoms with van der Waals surface area (Å²) in [6.45, 7) is 15.4. The number of rotatable bonds is 10. The lowest BCUT2D eigenvalue weighted by molar-refractivity contribution is -0.156. The fourth-order valence-electron chi connectivity index (χ4n) is 1.63. The molecule has 0 fully saturated rings. The minimum atomic E-state index is -1.07. The van der Waals surface area contributed by atoms with E-state index >= 15 is 0 Å². The molecule has 0 radical (unpaired) electrons. The summed E-state index contributed by atoms with van der Waals surface area (Å²) in [5, 5.41) is 0. The molecule has 0 aliphatic rings. The Morgan fingerprint density at radius 2 is 1.90 bits per heavy atom. The van der Waals surface area contributed by atoms with E-state index in [4.69, 9.17) is 14.2 Å². The quantitative estimate of drug-likeness (QED) is 0.204. The molecule has 0 aromatic rings. The Kier molecular flexibility index (Phi) is 9.01. The number of hydrogen-bond donors (Lipinski definition) is 0. The third-order valence-electron chi connectivity index (χ3n) is 3.04. The van der Waals surface area contributed by atoms with Gasteiger partial charge < -0.3 is 14.2 Å². The molecule has 0 bridgehead atoms. The van der Waals surface area contributed by atoms with Gasteiger partial charge in [-0.15, -0.1) is 6.58 Å². The summed E-state index contributed by atoms with van der Waals surface area (Å²) in [6, 6.07) is 1.11. The molecular formula is C15H30O4Si. The highest BCUT2D eigenvalue weighted by molar-refractivity contribution is 6.76. The minimum Gasteiger partial charge on any atom is -0.469 e. The molecule has 0 spiro atoms. The smallest absolute Gasteiger partial charge is 0.311 e. The van der Waals surface area contributed by atoms with Crippen molar-refractivity contribution in [2.75, 3.05) is 20.5 Å². The lowest BCUT2D eigenvalue weighted by atomic mass is 9.99. The Morgan fingerprint density at radius 3 is 2.35 bits per heavy atom. The Labute approximate surface area is 124 Å². The van der Waals surface area contributed by atoms with Gasteiger partial charge in [-0.05, 0) is 26.3 Å². The predicted molar refractivity (Wildman–Crippen MR) is 84.5 cm³/mol. The van der Waals surface area contributed by atoms with E-state index < -0.39 is 8.07 Å². The van der Waals surface area contributed by atoms with Crippen molar-refractivity contribution in [1.29, 1.82) is 0 Å². The molecule has 0 saturated carbocycles.